The topological polar surface area (TPSA) is 66.0 Å². The van der Waals surface area contributed by atoms with E-state index >= 15 is 0 Å². The van der Waals surface area contributed by atoms with Crippen LogP contribution >= 0.6 is 0 Å². The molecule has 0 unspecified atom stereocenters. The highest BCUT2D eigenvalue weighted by Crippen LogP contribution is 2.19. The average Bonchev–Trinajstić information content (AvgIpc) is 2.89. The number of furan rings is 1. The number of hydrogen-bond acceptors (Lipinski definition) is 3. The molecule has 2 rings (SSSR count). The van der Waals surface area contributed by atoms with Crippen molar-refractivity contribution in [2.75, 3.05) is 0 Å². The fourth-order valence-electron chi connectivity index (χ4n) is 1.16. The van der Waals surface area contributed by atoms with E-state index in [0.29, 0.717) is 5.76 Å². The molecule has 1 N–H and O–H groups in total. The summed E-state index contributed by atoms with van der Waals surface area (Å²) in [7, 11) is 0. The Kier molecular flexibility index (Phi) is 2.55. The summed E-state index contributed by atoms with van der Waals surface area (Å²) in [6.07, 6.45) is 4.95. The fourth-order valence-corrected chi connectivity index (χ4v) is 1.16. The van der Waals surface area contributed by atoms with E-state index in [4.69, 9.17) is 9.68 Å². The molecular formula is C11H10N2O2. The van der Waals surface area contributed by atoms with Crippen molar-refractivity contribution in [2.24, 2.45) is 0 Å². The highest BCUT2D eigenvalue weighted by molar-refractivity contribution is 6.01. The van der Waals surface area contributed by atoms with Gasteiger partial charge in [0.1, 0.15) is 17.4 Å². The zero-order valence-corrected chi connectivity index (χ0v) is 8.06. The van der Waals surface area contributed by atoms with Gasteiger partial charge in [-0.25, -0.2) is 0 Å². The van der Waals surface area contributed by atoms with Gasteiger partial charge in [0.05, 0.1) is 6.26 Å². The first-order valence-electron chi connectivity index (χ1n) is 4.76. The summed E-state index contributed by atoms with van der Waals surface area (Å²) < 4.78 is 5.03. The molecule has 0 aliphatic heterocycles. The Morgan fingerprint density at radius 3 is 3.00 bits per heavy atom. The third kappa shape index (κ3) is 2.47. The van der Waals surface area contributed by atoms with Crippen molar-refractivity contribution < 1.29 is 9.21 Å². The zero-order chi connectivity index (χ0) is 10.7. The largest absolute Gasteiger partial charge is 0.465 e. The molecule has 1 aliphatic rings. The first-order chi connectivity index (χ1) is 7.29. The second-order valence-electron chi connectivity index (χ2n) is 3.43. The Morgan fingerprint density at radius 2 is 2.47 bits per heavy atom. The van der Waals surface area contributed by atoms with Gasteiger partial charge in [0, 0.05) is 12.1 Å². The zero-order valence-electron chi connectivity index (χ0n) is 8.06. The maximum atomic E-state index is 11.5. The molecule has 1 aromatic heterocycles. The van der Waals surface area contributed by atoms with E-state index < -0.39 is 0 Å². The first-order valence-corrected chi connectivity index (χ1v) is 4.76. The highest BCUT2D eigenvalue weighted by Gasteiger charge is 2.24. The lowest BCUT2D eigenvalue weighted by Gasteiger charge is -1.99. The van der Waals surface area contributed by atoms with E-state index in [1.54, 1.807) is 12.1 Å². The van der Waals surface area contributed by atoms with Gasteiger partial charge < -0.3 is 9.73 Å². The number of carbonyl (C=O) groups is 1. The molecule has 4 heteroatoms. The monoisotopic (exact) mass is 202 g/mol. The Labute approximate surface area is 87.2 Å². The molecule has 1 heterocycles. The van der Waals surface area contributed by atoms with Crippen molar-refractivity contribution in [1.82, 2.24) is 5.32 Å². The normalized spacial score (nSPS) is 15.8. The summed E-state index contributed by atoms with van der Waals surface area (Å²) in [4.78, 5) is 11.5. The van der Waals surface area contributed by atoms with Crippen LogP contribution in [-0.2, 0) is 4.79 Å². The van der Waals surface area contributed by atoms with E-state index in [0.717, 1.165) is 12.8 Å². The Balaban J connectivity index is 2.09. The Morgan fingerprint density at radius 1 is 1.67 bits per heavy atom. The van der Waals surface area contributed by atoms with Gasteiger partial charge in [-0.2, -0.15) is 5.26 Å². The van der Waals surface area contributed by atoms with Gasteiger partial charge in [-0.05, 0) is 25.0 Å². The first kappa shape index (κ1) is 9.53. The summed E-state index contributed by atoms with van der Waals surface area (Å²) in [5.41, 5.74) is 0.0804. The molecule has 1 fully saturated rings. The molecule has 0 bridgehead atoms. The summed E-state index contributed by atoms with van der Waals surface area (Å²) in [6, 6.07) is 5.52. The van der Waals surface area contributed by atoms with Crippen LogP contribution < -0.4 is 5.32 Å². The molecule has 1 aliphatic carbocycles. The number of rotatable bonds is 3. The van der Waals surface area contributed by atoms with Gasteiger partial charge in [-0.15, -0.1) is 0 Å². The van der Waals surface area contributed by atoms with E-state index in [1.807, 2.05) is 6.07 Å². The van der Waals surface area contributed by atoms with Crippen LogP contribution in [0.2, 0.25) is 0 Å². The maximum Gasteiger partial charge on any atom is 0.262 e. The minimum atomic E-state index is -0.323. The van der Waals surface area contributed by atoms with E-state index in [2.05, 4.69) is 5.32 Å². The van der Waals surface area contributed by atoms with Gasteiger partial charge in [-0.3, -0.25) is 4.79 Å². The molecule has 76 valence electrons. The van der Waals surface area contributed by atoms with Crippen molar-refractivity contribution in [2.45, 2.75) is 18.9 Å². The van der Waals surface area contributed by atoms with Crippen LogP contribution in [0.3, 0.4) is 0 Å². The summed E-state index contributed by atoms with van der Waals surface area (Å²) in [5, 5.41) is 11.6. The van der Waals surface area contributed by atoms with Gasteiger partial charge in [0.25, 0.3) is 5.91 Å². The standard InChI is InChI=1S/C11H10N2O2/c12-7-8(6-10-2-1-5-15-10)11(14)13-9-3-4-9/h1-2,5-6,9H,3-4H2,(H,13,14)/b8-6-. The number of carbonyl (C=O) groups excluding carboxylic acids is 1. The number of nitriles is 1. The third-order valence-corrected chi connectivity index (χ3v) is 2.11. The fraction of sp³-hybridized carbons (Fsp3) is 0.273. The molecule has 1 aromatic rings. The SMILES string of the molecule is N#C/C(=C/c1ccco1)C(=O)NC1CC1. The lowest BCUT2D eigenvalue weighted by Crippen LogP contribution is -2.26. The van der Waals surface area contributed by atoms with E-state index in [1.165, 1.54) is 12.3 Å². The third-order valence-electron chi connectivity index (χ3n) is 2.11. The maximum absolute atomic E-state index is 11.5. The van der Waals surface area contributed by atoms with Crippen LogP contribution in [0.4, 0.5) is 0 Å². The molecule has 0 radical (unpaired) electrons. The van der Waals surface area contributed by atoms with Crippen LogP contribution in [-0.4, -0.2) is 11.9 Å². The van der Waals surface area contributed by atoms with Gasteiger partial charge in [0.15, 0.2) is 0 Å². The summed E-state index contributed by atoms with van der Waals surface area (Å²) >= 11 is 0. The molecule has 1 amide bonds. The predicted octanol–water partition coefficient (Wildman–Crippen LogP) is 1.47. The Bertz CT molecular complexity index is 422. The molecular weight excluding hydrogens is 192 g/mol. The van der Waals surface area contributed by atoms with Crippen LogP contribution in [0.15, 0.2) is 28.4 Å². The number of amides is 1. The second kappa shape index (κ2) is 4.01. The van der Waals surface area contributed by atoms with Crippen molar-refractivity contribution >= 4 is 12.0 Å². The quantitative estimate of drug-likeness (QED) is 0.596. The lowest BCUT2D eigenvalue weighted by molar-refractivity contribution is -0.117. The van der Waals surface area contributed by atoms with E-state index in [9.17, 15) is 4.79 Å². The molecule has 0 atom stereocenters. The average molecular weight is 202 g/mol. The number of hydrogen-bond donors (Lipinski definition) is 1. The van der Waals surface area contributed by atoms with Gasteiger partial charge >= 0.3 is 0 Å². The number of nitrogens with one attached hydrogen (secondary N) is 1. The van der Waals surface area contributed by atoms with Crippen molar-refractivity contribution in [3.05, 3.63) is 29.7 Å². The molecule has 4 nitrogen and oxygen atoms in total. The molecule has 1 saturated carbocycles. The second-order valence-corrected chi connectivity index (χ2v) is 3.43. The minimum absolute atomic E-state index is 0.0804. The molecule has 15 heavy (non-hydrogen) atoms. The molecule has 0 saturated heterocycles. The van der Waals surface area contributed by atoms with Crippen LogP contribution in [0.1, 0.15) is 18.6 Å². The van der Waals surface area contributed by atoms with Crippen LogP contribution in [0.25, 0.3) is 6.08 Å². The lowest BCUT2D eigenvalue weighted by atomic mass is 10.2. The molecule has 0 aromatic carbocycles. The van der Waals surface area contributed by atoms with Crippen molar-refractivity contribution in [3.8, 4) is 6.07 Å². The van der Waals surface area contributed by atoms with Gasteiger partial charge in [0.2, 0.25) is 0 Å². The van der Waals surface area contributed by atoms with Crippen LogP contribution in [0.5, 0.6) is 0 Å². The van der Waals surface area contributed by atoms with Crippen molar-refractivity contribution in [3.63, 3.8) is 0 Å². The van der Waals surface area contributed by atoms with Gasteiger partial charge in [-0.1, -0.05) is 0 Å². The summed E-state index contributed by atoms with van der Waals surface area (Å²) in [6.45, 7) is 0. The Hall–Kier alpha value is -2.02. The van der Waals surface area contributed by atoms with Crippen molar-refractivity contribution in [1.29, 1.82) is 5.26 Å². The molecule has 0 spiro atoms. The minimum Gasteiger partial charge on any atom is -0.465 e. The van der Waals surface area contributed by atoms with Crippen LogP contribution in [0, 0.1) is 11.3 Å². The predicted molar refractivity (Wildman–Crippen MR) is 53.5 cm³/mol. The highest BCUT2D eigenvalue weighted by atomic mass is 16.3. The summed E-state index contributed by atoms with van der Waals surface area (Å²) in [5.74, 6) is 0.189. The van der Waals surface area contributed by atoms with E-state index in [-0.39, 0.29) is 17.5 Å². The smallest absolute Gasteiger partial charge is 0.262 e. The number of nitrogens with zero attached hydrogens (tertiary/aromatic N) is 1.